The van der Waals surface area contributed by atoms with Crippen LogP contribution in [0, 0.1) is 0 Å². The standard InChI is InChI=1S/C30H34BrN5O/c1-3-29(23(2)37-21-24-7-5-4-6-8-24)36-22-32-30(33-36)25-9-13-27(14-10-25)34-17-19-35(20-18-34)28-15-11-26(31)12-16-28/h4-16,22-23,29H,3,17-21H2,1-2H3. The van der Waals surface area contributed by atoms with Crippen molar-refractivity contribution in [3.8, 4) is 11.4 Å². The van der Waals surface area contributed by atoms with Crippen LogP contribution in [0.1, 0.15) is 31.9 Å². The van der Waals surface area contributed by atoms with E-state index in [0.717, 1.165) is 48.5 Å². The minimum Gasteiger partial charge on any atom is -0.372 e. The Balaban J connectivity index is 1.18. The number of benzene rings is 3. The number of anilines is 2. The van der Waals surface area contributed by atoms with E-state index in [-0.39, 0.29) is 12.1 Å². The van der Waals surface area contributed by atoms with Crippen LogP contribution in [0.3, 0.4) is 0 Å². The van der Waals surface area contributed by atoms with Gasteiger partial charge in [0, 0.05) is 47.6 Å². The average Bonchev–Trinajstić information content (AvgIpc) is 3.43. The first kappa shape index (κ1) is 25.5. The Morgan fingerprint density at radius 2 is 1.43 bits per heavy atom. The summed E-state index contributed by atoms with van der Waals surface area (Å²) < 4.78 is 9.25. The number of ether oxygens (including phenoxy) is 1. The van der Waals surface area contributed by atoms with Crippen LogP contribution in [0.25, 0.3) is 11.4 Å². The second kappa shape index (κ2) is 11.9. The van der Waals surface area contributed by atoms with Crippen molar-refractivity contribution in [1.82, 2.24) is 14.8 Å². The molecule has 192 valence electrons. The smallest absolute Gasteiger partial charge is 0.181 e. The van der Waals surface area contributed by atoms with Gasteiger partial charge in [0.25, 0.3) is 0 Å². The molecule has 0 bridgehead atoms. The van der Waals surface area contributed by atoms with Crippen LogP contribution < -0.4 is 9.80 Å². The highest BCUT2D eigenvalue weighted by molar-refractivity contribution is 9.10. The molecule has 0 saturated carbocycles. The van der Waals surface area contributed by atoms with Crippen LogP contribution in [0.4, 0.5) is 11.4 Å². The zero-order valence-electron chi connectivity index (χ0n) is 21.5. The average molecular weight is 561 g/mol. The molecule has 7 heteroatoms. The molecule has 0 N–H and O–H groups in total. The molecule has 0 radical (unpaired) electrons. The molecule has 3 aromatic carbocycles. The molecule has 1 aliphatic heterocycles. The molecule has 2 heterocycles. The molecule has 37 heavy (non-hydrogen) atoms. The van der Waals surface area contributed by atoms with Crippen LogP contribution in [-0.2, 0) is 11.3 Å². The van der Waals surface area contributed by atoms with Gasteiger partial charge in [-0.15, -0.1) is 0 Å². The Morgan fingerprint density at radius 1 is 0.838 bits per heavy atom. The largest absolute Gasteiger partial charge is 0.372 e. The van der Waals surface area contributed by atoms with Gasteiger partial charge in [-0.05, 0) is 67.4 Å². The molecule has 4 aromatic rings. The van der Waals surface area contributed by atoms with Crippen molar-refractivity contribution in [3.05, 3.63) is 95.2 Å². The Morgan fingerprint density at radius 3 is 2.03 bits per heavy atom. The van der Waals surface area contributed by atoms with E-state index >= 15 is 0 Å². The normalized spacial score (nSPS) is 15.5. The van der Waals surface area contributed by atoms with Crippen LogP contribution in [0.15, 0.2) is 89.7 Å². The molecule has 1 aliphatic rings. The number of nitrogens with zero attached hydrogens (tertiary/aromatic N) is 5. The number of hydrogen-bond acceptors (Lipinski definition) is 5. The van der Waals surface area contributed by atoms with Crippen molar-refractivity contribution < 1.29 is 4.74 Å². The summed E-state index contributed by atoms with van der Waals surface area (Å²) in [4.78, 5) is 9.52. The minimum atomic E-state index is 0.0261. The molecule has 1 aromatic heterocycles. The third-order valence-electron chi connectivity index (χ3n) is 7.13. The predicted molar refractivity (Wildman–Crippen MR) is 154 cm³/mol. The first-order valence-corrected chi connectivity index (χ1v) is 13.8. The van der Waals surface area contributed by atoms with Gasteiger partial charge in [0.1, 0.15) is 6.33 Å². The lowest BCUT2D eigenvalue weighted by Gasteiger charge is -2.37. The lowest BCUT2D eigenvalue weighted by atomic mass is 10.1. The van der Waals surface area contributed by atoms with E-state index in [0.29, 0.717) is 6.61 Å². The molecule has 1 saturated heterocycles. The Kier molecular flexibility index (Phi) is 8.21. The summed E-state index contributed by atoms with van der Waals surface area (Å²) >= 11 is 3.52. The fraction of sp³-hybridized carbons (Fsp3) is 0.333. The third-order valence-corrected chi connectivity index (χ3v) is 7.65. The van der Waals surface area contributed by atoms with Crippen LogP contribution in [-0.4, -0.2) is 47.0 Å². The van der Waals surface area contributed by atoms with Crippen LogP contribution in [0.5, 0.6) is 0 Å². The molecular formula is C30H34BrN5O. The van der Waals surface area contributed by atoms with Crippen LogP contribution >= 0.6 is 15.9 Å². The highest BCUT2D eigenvalue weighted by atomic mass is 79.9. The van der Waals surface area contributed by atoms with Gasteiger partial charge in [-0.3, -0.25) is 0 Å². The van der Waals surface area contributed by atoms with Gasteiger partial charge in [0.05, 0.1) is 18.8 Å². The monoisotopic (exact) mass is 559 g/mol. The van der Waals surface area contributed by atoms with Gasteiger partial charge in [0.15, 0.2) is 5.82 Å². The van der Waals surface area contributed by atoms with Crippen LogP contribution in [0.2, 0.25) is 0 Å². The molecule has 0 amide bonds. The van der Waals surface area contributed by atoms with E-state index in [1.165, 1.54) is 16.9 Å². The molecular weight excluding hydrogens is 526 g/mol. The molecule has 2 unspecified atom stereocenters. The van der Waals surface area contributed by atoms with Crippen molar-refractivity contribution in [3.63, 3.8) is 0 Å². The van der Waals surface area contributed by atoms with Crippen molar-refractivity contribution in [2.45, 2.75) is 39.0 Å². The van der Waals surface area contributed by atoms with Crippen molar-refractivity contribution in [2.75, 3.05) is 36.0 Å². The highest BCUT2D eigenvalue weighted by Gasteiger charge is 2.21. The van der Waals surface area contributed by atoms with Gasteiger partial charge >= 0.3 is 0 Å². The van der Waals surface area contributed by atoms with Gasteiger partial charge in [0.2, 0.25) is 0 Å². The minimum absolute atomic E-state index is 0.0261. The number of hydrogen-bond donors (Lipinski definition) is 0. The van der Waals surface area contributed by atoms with E-state index in [2.05, 4.69) is 105 Å². The summed E-state index contributed by atoms with van der Waals surface area (Å²) in [5.74, 6) is 0.750. The quantitative estimate of drug-likeness (QED) is 0.231. The fourth-order valence-corrected chi connectivity index (χ4v) is 5.17. The SMILES string of the molecule is CCC(C(C)OCc1ccccc1)n1cnc(-c2ccc(N3CCN(c4ccc(Br)cc4)CC3)cc2)n1. The van der Waals surface area contributed by atoms with Crippen molar-refractivity contribution in [2.24, 2.45) is 0 Å². The van der Waals surface area contributed by atoms with Crippen molar-refractivity contribution in [1.29, 1.82) is 0 Å². The van der Waals surface area contributed by atoms with E-state index in [4.69, 9.17) is 9.84 Å². The summed E-state index contributed by atoms with van der Waals surface area (Å²) in [6, 6.07) is 27.6. The molecule has 0 aliphatic carbocycles. The van der Waals surface area contributed by atoms with E-state index in [1.54, 1.807) is 0 Å². The number of piperazine rings is 1. The topological polar surface area (TPSA) is 46.4 Å². The molecule has 0 spiro atoms. The van der Waals surface area contributed by atoms with Gasteiger partial charge in [-0.25, -0.2) is 9.67 Å². The second-order valence-electron chi connectivity index (χ2n) is 9.52. The highest BCUT2D eigenvalue weighted by Crippen LogP contribution is 2.26. The molecule has 5 rings (SSSR count). The summed E-state index contributed by atoms with van der Waals surface area (Å²) in [7, 11) is 0. The van der Waals surface area contributed by atoms with E-state index in [1.807, 2.05) is 29.2 Å². The second-order valence-corrected chi connectivity index (χ2v) is 10.4. The Labute approximate surface area is 228 Å². The molecule has 6 nitrogen and oxygen atoms in total. The maximum Gasteiger partial charge on any atom is 0.181 e. The summed E-state index contributed by atoms with van der Waals surface area (Å²) in [5, 5.41) is 4.82. The summed E-state index contributed by atoms with van der Waals surface area (Å²) in [5.41, 5.74) is 4.74. The van der Waals surface area contributed by atoms with Gasteiger partial charge < -0.3 is 14.5 Å². The number of aromatic nitrogens is 3. The van der Waals surface area contributed by atoms with Gasteiger partial charge in [-0.2, -0.15) is 5.10 Å². The first-order valence-electron chi connectivity index (χ1n) is 13.0. The lowest BCUT2D eigenvalue weighted by Crippen LogP contribution is -2.46. The zero-order chi connectivity index (χ0) is 25.6. The fourth-order valence-electron chi connectivity index (χ4n) is 4.91. The van der Waals surface area contributed by atoms with Gasteiger partial charge in [-0.1, -0.05) is 53.2 Å². The van der Waals surface area contributed by atoms with Crippen molar-refractivity contribution >= 4 is 27.3 Å². The Bertz CT molecular complexity index is 1250. The van der Waals surface area contributed by atoms with E-state index < -0.39 is 0 Å². The number of halogens is 1. The predicted octanol–water partition coefficient (Wildman–Crippen LogP) is 6.59. The maximum atomic E-state index is 6.17. The number of rotatable bonds is 9. The third kappa shape index (κ3) is 6.22. The summed E-state index contributed by atoms with van der Waals surface area (Å²) in [6.07, 6.45) is 2.78. The Hall–Kier alpha value is -3.16. The first-order chi connectivity index (χ1) is 18.1. The zero-order valence-corrected chi connectivity index (χ0v) is 23.1. The molecule has 1 fully saturated rings. The lowest BCUT2D eigenvalue weighted by molar-refractivity contribution is 0.0128. The summed E-state index contributed by atoms with van der Waals surface area (Å²) in [6.45, 7) is 8.90. The maximum absolute atomic E-state index is 6.17. The molecule has 2 atom stereocenters. The van der Waals surface area contributed by atoms with E-state index in [9.17, 15) is 0 Å².